The van der Waals surface area contributed by atoms with E-state index >= 15 is 0 Å². The summed E-state index contributed by atoms with van der Waals surface area (Å²) in [6.07, 6.45) is 6.58. The van der Waals surface area contributed by atoms with E-state index in [-0.39, 0.29) is 0 Å². The van der Waals surface area contributed by atoms with Gasteiger partial charge in [-0.15, -0.1) is 0 Å². The number of fused-ring (bicyclic) bond motifs is 1. The molecule has 3 rings (SSSR count). The van der Waals surface area contributed by atoms with Crippen LogP contribution in [0.5, 0.6) is 0 Å². The summed E-state index contributed by atoms with van der Waals surface area (Å²) in [5.41, 5.74) is 1.33. The van der Waals surface area contributed by atoms with Gasteiger partial charge in [-0.3, -0.25) is 9.88 Å². The largest absolute Gasteiger partial charge is 0.312 e. The Balaban J connectivity index is 1.61. The van der Waals surface area contributed by atoms with Crippen molar-refractivity contribution in [2.75, 3.05) is 19.6 Å². The van der Waals surface area contributed by atoms with Gasteiger partial charge in [-0.1, -0.05) is 6.07 Å². The molecule has 0 radical (unpaired) electrons. The number of hydrogen-bond donors (Lipinski definition) is 1. The lowest BCUT2D eigenvalue weighted by atomic mass is 9.94. The van der Waals surface area contributed by atoms with Crippen LogP contribution in [0.3, 0.4) is 0 Å². The molecule has 1 aromatic heterocycles. The Labute approximate surface area is 96.9 Å². The highest BCUT2D eigenvalue weighted by molar-refractivity contribution is 5.09. The summed E-state index contributed by atoms with van der Waals surface area (Å²) < 4.78 is 0. The van der Waals surface area contributed by atoms with Gasteiger partial charge in [-0.05, 0) is 36.9 Å². The fraction of sp³-hybridized carbons (Fsp3) is 0.615. The van der Waals surface area contributed by atoms with Crippen LogP contribution in [-0.4, -0.2) is 35.6 Å². The van der Waals surface area contributed by atoms with Crippen LogP contribution in [0.25, 0.3) is 0 Å². The van der Waals surface area contributed by atoms with E-state index in [9.17, 15) is 0 Å². The van der Waals surface area contributed by atoms with Crippen LogP contribution in [-0.2, 0) is 6.54 Å². The topological polar surface area (TPSA) is 28.2 Å². The lowest BCUT2D eigenvalue weighted by molar-refractivity contribution is 0.312. The summed E-state index contributed by atoms with van der Waals surface area (Å²) >= 11 is 0. The highest BCUT2D eigenvalue weighted by atomic mass is 15.2. The quantitative estimate of drug-likeness (QED) is 0.808. The van der Waals surface area contributed by atoms with Crippen molar-refractivity contribution in [2.24, 2.45) is 5.92 Å². The van der Waals surface area contributed by atoms with Crippen molar-refractivity contribution >= 4 is 0 Å². The van der Waals surface area contributed by atoms with E-state index < -0.39 is 0 Å². The van der Waals surface area contributed by atoms with Crippen molar-refractivity contribution in [3.63, 3.8) is 0 Å². The lowest BCUT2D eigenvalue weighted by Gasteiger charge is -2.24. The maximum atomic E-state index is 4.18. The van der Waals surface area contributed by atoms with Crippen molar-refractivity contribution < 1.29 is 0 Å². The number of piperidine rings is 1. The molecule has 1 N–H and O–H groups in total. The van der Waals surface area contributed by atoms with Crippen LogP contribution >= 0.6 is 0 Å². The van der Waals surface area contributed by atoms with Gasteiger partial charge >= 0.3 is 0 Å². The van der Waals surface area contributed by atoms with E-state index in [4.69, 9.17) is 0 Å². The molecule has 2 aliphatic rings. The molecule has 0 bridgehead atoms. The second kappa shape index (κ2) is 4.52. The smallest absolute Gasteiger partial charge is 0.0312 e. The molecule has 0 saturated carbocycles. The molecule has 2 atom stereocenters. The van der Waals surface area contributed by atoms with Gasteiger partial charge in [0, 0.05) is 38.1 Å². The molecule has 0 aliphatic carbocycles. The molecule has 1 aromatic rings. The molecule has 16 heavy (non-hydrogen) atoms. The minimum atomic E-state index is 0.741. The summed E-state index contributed by atoms with van der Waals surface area (Å²) in [5.74, 6) is 0.880. The predicted octanol–water partition coefficient (Wildman–Crippen LogP) is 1.27. The van der Waals surface area contributed by atoms with E-state index in [0.29, 0.717) is 0 Å². The number of hydrogen-bond acceptors (Lipinski definition) is 3. The van der Waals surface area contributed by atoms with Crippen molar-refractivity contribution in [1.29, 1.82) is 0 Å². The first-order valence-corrected chi connectivity index (χ1v) is 6.26. The maximum absolute atomic E-state index is 4.18. The van der Waals surface area contributed by atoms with Gasteiger partial charge in [0.05, 0.1) is 0 Å². The molecule has 0 spiro atoms. The van der Waals surface area contributed by atoms with Crippen LogP contribution in [0.15, 0.2) is 24.5 Å². The SMILES string of the molecule is c1cncc(CN2CC3CCCNC3C2)c1. The monoisotopic (exact) mass is 217 g/mol. The minimum Gasteiger partial charge on any atom is -0.312 e. The summed E-state index contributed by atoms with van der Waals surface area (Å²) in [6.45, 7) is 4.73. The number of nitrogens with one attached hydrogen (secondary N) is 1. The highest BCUT2D eigenvalue weighted by Gasteiger charge is 2.33. The van der Waals surface area contributed by atoms with Gasteiger partial charge in [0.1, 0.15) is 0 Å². The molecule has 0 amide bonds. The van der Waals surface area contributed by atoms with Gasteiger partial charge in [0.2, 0.25) is 0 Å². The Morgan fingerprint density at radius 3 is 3.25 bits per heavy atom. The number of nitrogens with zero attached hydrogens (tertiary/aromatic N) is 2. The Kier molecular flexibility index (Phi) is 2.89. The molecule has 2 saturated heterocycles. The van der Waals surface area contributed by atoms with Gasteiger partial charge < -0.3 is 5.32 Å². The van der Waals surface area contributed by atoms with Crippen molar-refractivity contribution in [2.45, 2.75) is 25.4 Å². The van der Waals surface area contributed by atoms with Crippen molar-refractivity contribution in [3.05, 3.63) is 30.1 Å². The first-order valence-electron chi connectivity index (χ1n) is 6.26. The van der Waals surface area contributed by atoms with E-state index in [2.05, 4.69) is 21.3 Å². The number of aromatic nitrogens is 1. The Bertz CT molecular complexity index is 324. The van der Waals surface area contributed by atoms with E-state index in [1.807, 2.05) is 18.5 Å². The molecule has 3 heteroatoms. The van der Waals surface area contributed by atoms with Gasteiger partial charge in [0.15, 0.2) is 0 Å². The Morgan fingerprint density at radius 2 is 2.44 bits per heavy atom. The van der Waals surface area contributed by atoms with Crippen LogP contribution in [0.1, 0.15) is 18.4 Å². The molecular formula is C13H19N3. The summed E-state index contributed by atoms with van der Waals surface area (Å²) in [7, 11) is 0. The predicted molar refractivity (Wildman–Crippen MR) is 64.0 cm³/mol. The molecule has 86 valence electrons. The van der Waals surface area contributed by atoms with E-state index in [1.165, 1.54) is 38.0 Å². The minimum absolute atomic E-state index is 0.741. The molecule has 2 fully saturated rings. The van der Waals surface area contributed by atoms with Crippen LogP contribution in [0, 0.1) is 5.92 Å². The zero-order valence-electron chi connectivity index (χ0n) is 9.60. The first kappa shape index (κ1) is 10.2. The number of likely N-dealkylation sites (tertiary alicyclic amines) is 1. The molecule has 0 aromatic carbocycles. The number of pyridine rings is 1. The Hall–Kier alpha value is -0.930. The standard InChI is InChI=1S/C13H19N3/c1-3-11(7-14-5-1)8-16-9-12-4-2-6-15-13(12)10-16/h1,3,5,7,12-13,15H,2,4,6,8-10H2. The van der Waals surface area contributed by atoms with Crippen molar-refractivity contribution in [3.8, 4) is 0 Å². The van der Waals surface area contributed by atoms with Gasteiger partial charge in [-0.25, -0.2) is 0 Å². The highest BCUT2D eigenvalue weighted by Crippen LogP contribution is 2.25. The third-order valence-electron chi connectivity index (χ3n) is 3.80. The molecule has 3 heterocycles. The Morgan fingerprint density at radius 1 is 1.44 bits per heavy atom. The zero-order valence-corrected chi connectivity index (χ0v) is 9.60. The van der Waals surface area contributed by atoms with E-state index in [0.717, 1.165) is 18.5 Å². The zero-order chi connectivity index (χ0) is 10.8. The van der Waals surface area contributed by atoms with Crippen LogP contribution < -0.4 is 5.32 Å². The molecular weight excluding hydrogens is 198 g/mol. The van der Waals surface area contributed by atoms with Crippen molar-refractivity contribution in [1.82, 2.24) is 15.2 Å². The maximum Gasteiger partial charge on any atom is 0.0312 e. The summed E-state index contributed by atoms with van der Waals surface area (Å²) in [5, 5.41) is 3.64. The average Bonchev–Trinajstić information content (AvgIpc) is 2.72. The third kappa shape index (κ3) is 2.11. The molecule has 2 aliphatic heterocycles. The normalized spacial score (nSPS) is 30.2. The fourth-order valence-electron chi connectivity index (χ4n) is 3.02. The van der Waals surface area contributed by atoms with Gasteiger partial charge in [0.25, 0.3) is 0 Å². The van der Waals surface area contributed by atoms with Gasteiger partial charge in [-0.2, -0.15) is 0 Å². The second-order valence-electron chi connectivity index (χ2n) is 5.02. The third-order valence-corrected chi connectivity index (χ3v) is 3.80. The summed E-state index contributed by atoms with van der Waals surface area (Å²) in [4.78, 5) is 6.74. The fourth-order valence-corrected chi connectivity index (χ4v) is 3.02. The van der Waals surface area contributed by atoms with E-state index in [1.54, 1.807) is 0 Å². The molecule has 2 unspecified atom stereocenters. The number of rotatable bonds is 2. The lowest BCUT2D eigenvalue weighted by Crippen LogP contribution is -2.40. The summed E-state index contributed by atoms with van der Waals surface area (Å²) in [6, 6.07) is 4.93. The molecule has 3 nitrogen and oxygen atoms in total. The average molecular weight is 217 g/mol. The van der Waals surface area contributed by atoms with Crippen LogP contribution in [0.2, 0.25) is 0 Å². The van der Waals surface area contributed by atoms with Crippen LogP contribution in [0.4, 0.5) is 0 Å². The second-order valence-corrected chi connectivity index (χ2v) is 5.02. The first-order chi connectivity index (χ1) is 7.92.